The van der Waals surface area contributed by atoms with Gasteiger partial charge in [-0.15, -0.1) is 0 Å². The summed E-state index contributed by atoms with van der Waals surface area (Å²) < 4.78 is 8.57. The molecular weight excluding hydrogens is 430 g/mol. The van der Waals surface area contributed by atoms with Crippen molar-refractivity contribution < 1.29 is 9.21 Å². The van der Waals surface area contributed by atoms with Gasteiger partial charge in [0.05, 0.1) is 11.8 Å². The monoisotopic (exact) mass is 453 g/mol. The molecule has 3 aromatic heterocycles. The molecule has 1 amide bonds. The normalized spacial score (nSPS) is 15.6. The predicted octanol–water partition coefficient (Wildman–Crippen LogP) is 3.50. The van der Waals surface area contributed by atoms with Gasteiger partial charge >= 0.3 is 0 Å². The molecule has 1 atom stereocenters. The highest BCUT2D eigenvalue weighted by molar-refractivity contribution is 6.30. The van der Waals surface area contributed by atoms with Crippen molar-refractivity contribution in [2.45, 2.75) is 26.3 Å². The van der Waals surface area contributed by atoms with Crippen LogP contribution in [0.2, 0.25) is 5.02 Å². The van der Waals surface area contributed by atoms with Crippen LogP contribution in [0.1, 0.15) is 25.2 Å². The maximum absolute atomic E-state index is 13.4. The summed E-state index contributed by atoms with van der Waals surface area (Å²) in [6.45, 7) is 6.36. The van der Waals surface area contributed by atoms with Crippen LogP contribution in [0.5, 0.6) is 0 Å². The van der Waals surface area contributed by atoms with Crippen LogP contribution in [-0.4, -0.2) is 51.2 Å². The van der Waals surface area contributed by atoms with Crippen LogP contribution >= 0.6 is 11.6 Å². The SMILES string of the molecule is CC[C@@H](C(=O)N1CCN(c2ccc(Cl)cc2)CC1)n1nc(C)n2c(cc3occc32)c1=O. The minimum atomic E-state index is -0.644. The fourth-order valence-corrected chi connectivity index (χ4v) is 4.63. The van der Waals surface area contributed by atoms with Gasteiger partial charge in [0.2, 0.25) is 5.91 Å². The molecule has 4 heterocycles. The van der Waals surface area contributed by atoms with Crippen LogP contribution in [0.4, 0.5) is 5.69 Å². The zero-order valence-corrected chi connectivity index (χ0v) is 18.7. The Morgan fingerprint density at radius 2 is 1.84 bits per heavy atom. The first-order chi connectivity index (χ1) is 15.5. The highest BCUT2D eigenvalue weighted by Crippen LogP contribution is 2.23. The summed E-state index contributed by atoms with van der Waals surface area (Å²) in [5.41, 5.74) is 2.69. The molecule has 1 aliphatic heterocycles. The van der Waals surface area contributed by atoms with Gasteiger partial charge in [-0.25, -0.2) is 4.68 Å². The molecule has 8 nitrogen and oxygen atoms in total. The first-order valence-electron chi connectivity index (χ1n) is 10.8. The molecule has 1 fully saturated rings. The fraction of sp³-hybridized carbons (Fsp3) is 0.348. The Morgan fingerprint density at radius 1 is 1.12 bits per heavy atom. The number of aromatic nitrogens is 3. The van der Waals surface area contributed by atoms with E-state index in [4.69, 9.17) is 16.0 Å². The molecule has 0 radical (unpaired) electrons. The predicted molar refractivity (Wildman–Crippen MR) is 124 cm³/mol. The third kappa shape index (κ3) is 3.35. The van der Waals surface area contributed by atoms with E-state index in [0.717, 1.165) is 24.3 Å². The highest BCUT2D eigenvalue weighted by Gasteiger charge is 2.30. The maximum atomic E-state index is 13.4. The minimum Gasteiger partial charge on any atom is -0.463 e. The van der Waals surface area contributed by atoms with Gasteiger partial charge in [0, 0.05) is 49.0 Å². The topological polar surface area (TPSA) is 76.0 Å². The van der Waals surface area contributed by atoms with Gasteiger partial charge < -0.3 is 14.2 Å². The van der Waals surface area contributed by atoms with Crippen molar-refractivity contribution in [3.63, 3.8) is 0 Å². The van der Waals surface area contributed by atoms with Gasteiger partial charge in [0.25, 0.3) is 5.56 Å². The van der Waals surface area contributed by atoms with Crippen molar-refractivity contribution in [1.29, 1.82) is 0 Å². The Morgan fingerprint density at radius 3 is 2.53 bits per heavy atom. The number of hydrogen-bond acceptors (Lipinski definition) is 5. The second-order valence-corrected chi connectivity index (χ2v) is 8.48. The fourth-order valence-electron chi connectivity index (χ4n) is 4.51. The molecule has 166 valence electrons. The third-order valence-corrected chi connectivity index (χ3v) is 6.43. The van der Waals surface area contributed by atoms with Crippen LogP contribution in [0.15, 0.2) is 51.9 Å². The zero-order valence-electron chi connectivity index (χ0n) is 18.0. The average Bonchev–Trinajstić information content (AvgIpc) is 3.40. The number of furan rings is 1. The lowest BCUT2D eigenvalue weighted by Gasteiger charge is -2.37. The van der Waals surface area contributed by atoms with Gasteiger partial charge in [-0.3, -0.25) is 14.0 Å². The van der Waals surface area contributed by atoms with Crippen LogP contribution in [0, 0.1) is 6.92 Å². The molecule has 0 bridgehead atoms. The van der Waals surface area contributed by atoms with E-state index in [-0.39, 0.29) is 11.5 Å². The minimum absolute atomic E-state index is 0.0724. The van der Waals surface area contributed by atoms with Crippen molar-refractivity contribution in [3.8, 4) is 0 Å². The van der Waals surface area contributed by atoms with Crippen LogP contribution in [0.25, 0.3) is 16.6 Å². The van der Waals surface area contributed by atoms with Gasteiger partial charge in [-0.2, -0.15) is 5.10 Å². The summed E-state index contributed by atoms with van der Waals surface area (Å²) in [5.74, 6) is 0.562. The number of anilines is 1. The van der Waals surface area contributed by atoms with Crippen molar-refractivity contribution in [3.05, 3.63) is 63.9 Å². The second-order valence-electron chi connectivity index (χ2n) is 8.04. The Hall–Kier alpha value is -3.26. The lowest BCUT2D eigenvalue weighted by atomic mass is 10.1. The van der Waals surface area contributed by atoms with E-state index in [2.05, 4.69) is 10.00 Å². The molecular formula is C23H24ClN5O3. The lowest BCUT2D eigenvalue weighted by Crippen LogP contribution is -2.51. The first kappa shape index (κ1) is 20.6. The van der Waals surface area contributed by atoms with E-state index in [9.17, 15) is 9.59 Å². The smallest absolute Gasteiger partial charge is 0.291 e. The standard InChI is InChI=1S/C23H24ClN5O3/c1-3-18(22(30)27-11-9-26(10-12-27)17-6-4-16(24)5-7-17)29-23(31)20-14-21-19(8-13-32-21)28(20)15(2)25-29/h4-8,13-14,18H,3,9-12H2,1-2H3/t18-/m0/s1. The number of hydrogen-bond donors (Lipinski definition) is 0. The quantitative estimate of drug-likeness (QED) is 0.472. The van der Waals surface area contributed by atoms with E-state index < -0.39 is 6.04 Å². The van der Waals surface area contributed by atoms with Crippen LogP contribution in [-0.2, 0) is 4.79 Å². The number of piperazine rings is 1. The van der Waals surface area contributed by atoms with E-state index in [1.807, 2.05) is 49.1 Å². The lowest BCUT2D eigenvalue weighted by molar-refractivity contribution is -0.135. The van der Waals surface area contributed by atoms with Gasteiger partial charge in [0.15, 0.2) is 5.58 Å². The summed E-state index contributed by atoms with van der Waals surface area (Å²) in [7, 11) is 0. The van der Waals surface area contributed by atoms with E-state index in [1.165, 1.54) is 4.68 Å². The summed E-state index contributed by atoms with van der Waals surface area (Å²) in [6.07, 6.45) is 2.07. The van der Waals surface area contributed by atoms with Crippen molar-refractivity contribution in [2.75, 3.05) is 31.1 Å². The summed E-state index contributed by atoms with van der Waals surface area (Å²) in [6, 6.07) is 10.6. The molecule has 5 rings (SSSR count). The summed E-state index contributed by atoms with van der Waals surface area (Å²) >= 11 is 5.99. The maximum Gasteiger partial charge on any atom is 0.291 e. The number of halogens is 1. The summed E-state index contributed by atoms with van der Waals surface area (Å²) in [4.78, 5) is 30.7. The number of rotatable bonds is 4. The molecule has 1 aromatic carbocycles. The zero-order chi connectivity index (χ0) is 22.4. The number of amides is 1. The molecule has 1 aliphatic rings. The number of carbonyl (C=O) groups excluding carboxylic acids is 1. The van der Waals surface area contributed by atoms with Crippen molar-refractivity contribution in [2.24, 2.45) is 0 Å². The summed E-state index contributed by atoms with van der Waals surface area (Å²) in [5, 5.41) is 5.22. The second kappa shape index (κ2) is 8.02. The molecule has 4 aromatic rings. The molecule has 0 unspecified atom stereocenters. The number of nitrogens with zero attached hydrogens (tertiary/aromatic N) is 5. The average molecular weight is 454 g/mol. The molecule has 9 heteroatoms. The Labute approximate surface area is 189 Å². The molecule has 0 aliphatic carbocycles. The molecule has 32 heavy (non-hydrogen) atoms. The van der Waals surface area contributed by atoms with Crippen LogP contribution in [0.3, 0.4) is 0 Å². The van der Waals surface area contributed by atoms with Gasteiger partial charge in [-0.1, -0.05) is 18.5 Å². The number of aryl methyl sites for hydroxylation is 1. The van der Waals surface area contributed by atoms with Crippen molar-refractivity contribution in [1.82, 2.24) is 19.1 Å². The Kier molecular flexibility index (Phi) is 5.17. The van der Waals surface area contributed by atoms with Gasteiger partial charge in [-0.05, 0) is 37.6 Å². The van der Waals surface area contributed by atoms with E-state index >= 15 is 0 Å². The van der Waals surface area contributed by atoms with E-state index in [0.29, 0.717) is 41.5 Å². The number of carbonyl (C=O) groups is 1. The highest BCUT2D eigenvalue weighted by atomic mass is 35.5. The molecule has 1 saturated heterocycles. The first-order valence-corrected chi connectivity index (χ1v) is 11.1. The number of benzene rings is 1. The molecule has 0 N–H and O–H groups in total. The van der Waals surface area contributed by atoms with Crippen LogP contribution < -0.4 is 10.5 Å². The largest absolute Gasteiger partial charge is 0.463 e. The van der Waals surface area contributed by atoms with E-state index in [1.54, 1.807) is 16.7 Å². The Bertz CT molecular complexity index is 1350. The number of fused-ring (bicyclic) bond motifs is 3. The molecule has 0 spiro atoms. The van der Waals surface area contributed by atoms with Crippen molar-refractivity contribution >= 4 is 39.8 Å². The Balaban J connectivity index is 1.40. The molecule has 0 saturated carbocycles. The third-order valence-electron chi connectivity index (χ3n) is 6.18. The van der Waals surface area contributed by atoms with Gasteiger partial charge in [0.1, 0.15) is 17.4 Å².